The normalized spacial score (nSPS) is 10.7. The van der Waals surface area contributed by atoms with Crippen molar-refractivity contribution in [1.29, 1.82) is 5.26 Å². The highest BCUT2D eigenvalue weighted by molar-refractivity contribution is 7.17. The minimum Gasteiger partial charge on any atom is -0.227 e. The standard InChI is InChI=1S/C8H9F3S.2C8H9NS.3C8H12S.2C7H9ClS.3C7H9FS/c1-5(2)7-6(3-4-12-7)8(9,10)11;1-6(2)7-4-5-8(9-3)10-7;1-6(2)8-7(5-9)3-4-10-8;1-6(2)8-7(3)4-5-9-8;2*1-6(2)8-5-4-7(3)9-8;1-5(2)7-6(8)3-4-9-7;1-5(2)6-3-4-7(8)9-6;1-5(2)7-3-6(8)4-9-7;1-5(2)7-6(8)3-4-9-7;1-5(2)6-3-4-7(8)9-6/h3-5H,1-2H3;4-6H,1-2H3;3-4,6H,1-2H3;3*4-6H,1-3H3;5*3-5H,1-2H3. The molecule has 0 spiro atoms. The molecule has 11 heterocycles. The molecule has 572 valence electrons. The number of alkyl halides is 3. The molecule has 0 atom stereocenters. The van der Waals surface area contributed by atoms with Crippen molar-refractivity contribution < 1.29 is 26.3 Å². The van der Waals surface area contributed by atoms with Crippen molar-refractivity contribution >= 4 is 153 Å². The summed E-state index contributed by atoms with van der Waals surface area (Å²) in [7, 11) is 0. The molecule has 0 N–H and O–H groups in total. The molecule has 104 heavy (non-hydrogen) atoms. The van der Waals surface area contributed by atoms with Crippen LogP contribution in [0.4, 0.5) is 31.3 Å². The lowest BCUT2D eigenvalue weighted by atomic mass is 10.1. The van der Waals surface area contributed by atoms with Crippen LogP contribution in [-0.4, -0.2) is 0 Å². The zero-order valence-corrected chi connectivity index (χ0v) is 75.5. The molecule has 0 saturated carbocycles. The fraction of sp³-hybridized carbons (Fsp3) is 0.446. The molecule has 0 unspecified atom stereocenters. The molecule has 0 radical (unpaired) electrons. The van der Waals surface area contributed by atoms with Crippen LogP contribution >= 0.6 is 148 Å². The van der Waals surface area contributed by atoms with E-state index in [-0.39, 0.29) is 22.7 Å². The molecule has 0 aliphatic carbocycles. The Morgan fingerprint density at radius 1 is 0.394 bits per heavy atom. The first-order chi connectivity index (χ1) is 48.6. The van der Waals surface area contributed by atoms with Crippen molar-refractivity contribution in [2.45, 2.75) is 244 Å². The summed E-state index contributed by atoms with van der Waals surface area (Å²) in [5, 5.41) is 21.2. The lowest BCUT2D eigenvalue weighted by molar-refractivity contribution is -0.138. The first-order valence-corrected chi connectivity index (χ1v) is 44.6. The van der Waals surface area contributed by atoms with E-state index in [4.69, 9.17) is 35.0 Å². The molecule has 21 heteroatoms. The van der Waals surface area contributed by atoms with Gasteiger partial charge in [-0.05, 0) is 214 Å². The second-order valence-electron chi connectivity index (χ2n) is 27.1. The van der Waals surface area contributed by atoms with Crippen molar-refractivity contribution in [3.63, 3.8) is 0 Å². The first kappa shape index (κ1) is 97.9. The zero-order chi connectivity index (χ0) is 79.3. The van der Waals surface area contributed by atoms with Crippen LogP contribution in [-0.2, 0) is 6.18 Å². The fourth-order valence-corrected chi connectivity index (χ4v) is 18.4. The smallest absolute Gasteiger partial charge is 0.227 e. The number of hydrogen-bond donors (Lipinski definition) is 0. The van der Waals surface area contributed by atoms with Gasteiger partial charge in [-0.2, -0.15) is 34.2 Å². The number of nitrogens with zero attached hydrogens (tertiary/aromatic N) is 2. The molecule has 0 fully saturated rings. The van der Waals surface area contributed by atoms with Crippen molar-refractivity contribution in [1.82, 2.24) is 0 Å². The van der Waals surface area contributed by atoms with Gasteiger partial charge >= 0.3 is 6.18 Å². The third kappa shape index (κ3) is 38.8. The third-order valence-electron chi connectivity index (χ3n) is 14.1. The maximum absolute atomic E-state index is 12.6. The van der Waals surface area contributed by atoms with E-state index in [2.05, 4.69) is 198 Å². The van der Waals surface area contributed by atoms with Gasteiger partial charge in [0.15, 0.2) is 5.13 Å². The molecule has 11 rings (SSSR count). The van der Waals surface area contributed by atoms with Crippen LogP contribution in [0.15, 0.2) is 129 Å². The van der Waals surface area contributed by atoms with Gasteiger partial charge in [-0.1, -0.05) is 182 Å². The summed E-state index contributed by atoms with van der Waals surface area (Å²) in [5.74, 6) is 5.33. The highest BCUT2D eigenvalue weighted by Crippen LogP contribution is 2.39. The third-order valence-corrected chi connectivity index (χ3v) is 28.5. The number of thiophene rings is 11. The van der Waals surface area contributed by atoms with Crippen molar-refractivity contribution in [3.8, 4) is 6.07 Å². The summed E-state index contributed by atoms with van der Waals surface area (Å²) in [6, 6.07) is 32.5. The predicted octanol–water partition coefficient (Wildman–Crippen LogP) is 35.7. The van der Waals surface area contributed by atoms with E-state index in [0.29, 0.717) is 64.1 Å². The van der Waals surface area contributed by atoms with E-state index in [1.54, 1.807) is 70.6 Å². The highest BCUT2D eigenvalue weighted by Gasteiger charge is 2.34. The molecule has 0 aliphatic heterocycles. The number of halogens is 8. The van der Waals surface area contributed by atoms with Crippen LogP contribution < -0.4 is 0 Å². The van der Waals surface area contributed by atoms with Crippen LogP contribution in [0.25, 0.3) is 4.85 Å². The van der Waals surface area contributed by atoms with Gasteiger partial charge in [0.25, 0.3) is 0 Å². The second-order valence-corrected chi connectivity index (χ2v) is 39.7. The Balaban J connectivity index is 0.000000573. The maximum atomic E-state index is 12.6. The van der Waals surface area contributed by atoms with E-state index >= 15 is 0 Å². The van der Waals surface area contributed by atoms with E-state index in [9.17, 15) is 26.3 Å². The molecule has 2 nitrogen and oxygen atoms in total. The van der Waals surface area contributed by atoms with Gasteiger partial charge in [0.1, 0.15) is 17.7 Å². The highest BCUT2D eigenvalue weighted by atomic mass is 35.5. The SMILES string of the molecule is CC(C)c1cc(F)cs1.CC(C)c1ccc(Cl)s1.CC(C)c1ccc(F)s1.CC(C)c1sccc1C#N.CC(C)c1sccc1C(F)(F)F.CC(C)c1sccc1Cl.CC(C)c1sccc1F.Cc1ccc(C(C)C)s1.Cc1ccc(C(C)C)s1.Cc1ccsc1C(C)C.[C-]#[N+]c1ccc(C(C)C)s1. The molecule has 11 aromatic heterocycles. The molecule has 0 bridgehead atoms. The summed E-state index contributed by atoms with van der Waals surface area (Å²) in [5.41, 5.74) is 1.79. The summed E-state index contributed by atoms with van der Waals surface area (Å²) in [6.45, 7) is 59.5. The van der Waals surface area contributed by atoms with E-state index < -0.39 is 11.7 Å². The van der Waals surface area contributed by atoms with Crippen LogP contribution in [0.1, 0.15) is 298 Å². The van der Waals surface area contributed by atoms with E-state index in [1.807, 2.05) is 95.0 Å². The van der Waals surface area contributed by atoms with Gasteiger partial charge in [0.05, 0.1) is 27.1 Å². The van der Waals surface area contributed by atoms with Gasteiger partial charge in [-0.25, -0.2) is 13.6 Å². The predicted molar refractivity (Wildman–Crippen MR) is 463 cm³/mol. The Bertz CT molecular complexity index is 3740. The number of aryl methyl sites for hydroxylation is 3. The monoisotopic (exact) mass is 1670 g/mol. The fourth-order valence-electron chi connectivity index (χ4n) is 8.42. The van der Waals surface area contributed by atoms with Crippen molar-refractivity contribution in [3.05, 3.63) is 247 Å². The molecule has 0 aromatic carbocycles. The van der Waals surface area contributed by atoms with Gasteiger partial charge in [0, 0.05) is 63.9 Å². The summed E-state index contributed by atoms with van der Waals surface area (Å²) < 4.78 is 74.8. The van der Waals surface area contributed by atoms with Gasteiger partial charge in [-0.3, -0.25) is 0 Å². The van der Waals surface area contributed by atoms with Crippen LogP contribution in [0, 0.1) is 55.4 Å². The largest absolute Gasteiger partial charge is 0.417 e. The second kappa shape index (κ2) is 51.3. The van der Waals surface area contributed by atoms with Crippen molar-refractivity contribution in [2.75, 3.05) is 0 Å². The number of rotatable bonds is 11. The molecule has 11 aromatic rings. The summed E-state index contributed by atoms with van der Waals surface area (Å²) in [4.78, 5) is 19.3. The van der Waals surface area contributed by atoms with Gasteiger partial charge in [0.2, 0.25) is 5.00 Å². The Kier molecular flexibility index (Phi) is 48.2. The quantitative estimate of drug-likeness (QED) is 0.0937. The van der Waals surface area contributed by atoms with E-state index in [0.717, 1.165) is 52.0 Å². The van der Waals surface area contributed by atoms with Gasteiger partial charge in [-0.15, -0.1) is 113 Å². The van der Waals surface area contributed by atoms with Crippen LogP contribution in [0.2, 0.25) is 9.36 Å². The zero-order valence-electron chi connectivity index (χ0n) is 65.0. The Labute approximate surface area is 675 Å². The molecular weight excluding hydrogens is 1560 g/mol. The molecule has 0 aliphatic rings. The lowest BCUT2D eigenvalue weighted by Gasteiger charge is -2.09. The maximum Gasteiger partial charge on any atom is 0.417 e. The van der Waals surface area contributed by atoms with Gasteiger partial charge < -0.3 is 0 Å². The van der Waals surface area contributed by atoms with Crippen LogP contribution in [0.5, 0.6) is 0 Å². The topological polar surface area (TPSA) is 28.1 Å². The molecule has 0 saturated heterocycles. The molecule has 0 amide bonds. The number of hydrogen-bond acceptors (Lipinski definition) is 12. The number of nitriles is 1. The molecular formula is C83H108Cl2F6N2S11. The summed E-state index contributed by atoms with van der Waals surface area (Å²) in [6.07, 6.45) is -4.19. The van der Waals surface area contributed by atoms with Crippen molar-refractivity contribution in [2.24, 2.45) is 0 Å². The Morgan fingerprint density at radius 2 is 0.788 bits per heavy atom. The lowest BCUT2D eigenvalue weighted by Crippen LogP contribution is -2.06. The summed E-state index contributed by atoms with van der Waals surface area (Å²) >= 11 is 29.2. The minimum absolute atomic E-state index is 0.0541. The Hall–Kier alpha value is -4.16. The average molecular weight is 1670 g/mol. The average Bonchev–Trinajstić information content (AvgIpc) is 1.81. The van der Waals surface area contributed by atoms with E-state index in [1.165, 1.54) is 106 Å². The minimum atomic E-state index is -4.19. The Morgan fingerprint density at radius 3 is 1.03 bits per heavy atom. The first-order valence-electron chi connectivity index (χ1n) is 34.5. The van der Waals surface area contributed by atoms with Crippen LogP contribution in [0.3, 0.4) is 0 Å².